The second-order valence-electron chi connectivity index (χ2n) is 6.18. The second kappa shape index (κ2) is 8.78. The lowest BCUT2D eigenvalue weighted by atomic mass is 10.0. The van der Waals surface area contributed by atoms with E-state index in [2.05, 4.69) is 12.1 Å². The normalized spacial score (nSPS) is 11.7. The molecule has 0 aromatic heterocycles. The first-order chi connectivity index (χ1) is 12.3. The Labute approximate surface area is 154 Å². The number of benzene rings is 2. The summed E-state index contributed by atoms with van der Waals surface area (Å²) in [4.78, 5) is 11.6. The van der Waals surface area contributed by atoms with Crippen molar-refractivity contribution < 1.29 is 18.4 Å². The summed E-state index contributed by atoms with van der Waals surface area (Å²) in [6, 6.07) is 15.4. The van der Waals surface area contributed by atoms with Crippen LogP contribution in [0.15, 0.2) is 59.5 Å². The van der Waals surface area contributed by atoms with Gasteiger partial charge in [0.25, 0.3) is 5.91 Å². The number of nitrogens with zero attached hydrogens (tertiary/aromatic N) is 1. The van der Waals surface area contributed by atoms with Crippen molar-refractivity contribution in [3.63, 3.8) is 0 Å². The van der Waals surface area contributed by atoms with Crippen LogP contribution >= 0.6 is 0 Å². The van der Waals surface area contributed by atoms with Crippen molar-refractivity contribution in [1.82, 2.24) is 5.06 Å². The van der Waals surface area contributed by atoms with Gasteiger partial charge in [-0.25, -0.2) is 13.5 Å². The Morgan fingerprint density at radius 1 is 1.08 bits per heavy atom. The minimum atomic E-state index is -3.44. The van der Waals surface area contributed by atoms with Crippen LogP contribution in [-0.4, -0.2) is 37.9 Å². The highest BCUT2D eigenvalue weighted by Gasteiger charge is 2.13. The van der Waals surface area contributed by atoms with E-state index in [9.17, 15) is 13.2 Å². The Hall–Kier alpha value is -2.44. The molecule has 0 heterocycles. The number of hydroxylamine groups is 2. The van der Waals surface area contributed by atoms with Crippen molar-refractivity contribution >= 4 is 21.8 Å². The average Bonchev–Trinajstić information content (AvgIpc) is 2.60. The predicted molar refractivity (Wildman–Crippen MR) is 102 cm³/mol. The van der Waals surface area contributed by atoms with E-state index in [1.54, 1.807) is 12.1 Å². The number of carbonyl (C=O) groups excluding carboxylic acids is 1. The smallest absolute Gasteiger partial charge is 0.269 e. The van der Waals surface area contributed by atoms with Crippen LogP contribution in [0.25, 0.3) is 6.08 Å². The third kappa shape index (κ3) is 5.82. The molecule has 26 heavy (non-hydrogen) atoms. The van der Waals surface area contributed by atoms with Crippen LogP contribution in [0.5, 0.6) is 0 Å². The first-order valence-electron chi connectivity index (χ1n) is 8.29. The summed E-state index contributed by atoms with van der Waals surface area (Å²) >= 11 is 0. The molecule has 1 amide bonds. The van der Waals surface area contributed by atoms with Gasteiger partial charge in [0.05, 0.1) is 4.90 Å². The summed E-state index contributed by atoms with van der Waals surface area (Å²) in [5, 5.41) is 9.52. The van der Waals surface area contributed by atoms with Gasteiger partial charge in [0.1, 0.15) is 0 Å². The Kier molecular flexibility index (Phi) is 6.71. The Morgan fingerprint density at radius 2 is 1.73 bits per heavy atom. The highest BCUT2D eigenvalue weighted by molar-refractivity contribution is 7.90. The molecule has 0 fully saturated rings. The number of aryl methyl sites for hydroxylation is 2. The lowest BCUT2D eigenvalue weighted by Gasteiger charge is -2.09. The number of amides is 1. The molecule has 1 N–H and O–H groups in total. The predicted octanol–water partition coefficient (Wildman–Crippen LogP) is 3.13. The maximum atomic E-state index is 12.1. The zero-order chi connectivity index (χ0) is 19.2. The molecule has 0 bridgehead atoms. The summed E-state index contributed by atoms with van der Waals surface area (Å²) in [7, 11) is -2.23. The minimum Gasteiger partial charge on any atom is -0.286 e. The van der Waals surface area contributed by atoms with Crippen molar-refractivity contribution in [1.29, 1.82) is 0 Å². The van der Waals surface area contributed by atoms with Crippen molar-refractivity contribution in [2.45, 2.75) is 24.2 Å². The van der Waals surface area contributed by atoms with Gasteiger partial charge in [-0.05, 0) is 48.1 Å². The highest BCUT2D eigenvalue weighted by atomic mass is 32.2. The Balaban J connectivity index is 2.16. The molecular weight excluding hydrogens is 350 g/mol. The molecule has 0 radical (unpaired) electrons. The topological polar surface area (TPSA) is 74.7 Å². The fourth-order valence-electron chi connectivity index (χ4n) is 2.60. The van der Waals surface area contributed by atoms with Crippen LogP contribution in [0.4, 0.5) is 0 Å². The van der Waals surface area contributed by atoms with Gasteiger partial charge in [0, 0.05) is 19.4 Å². The van der Waals surface area contributed by atoms with Crippen LogP contribution in [0.2, 0.25) is 0 Å². The van der Waals surface area contributed by atoms with E-state index in [1.165, 1.54) is 18.7 Å². The van der Waals surface area contributed by atoms with E-state index < -0.39 is 15.7 Å². The largest absolute Gasteiger partial charge is 0.286 e. The van der Waals surface area contributed by atoms with Crippen LogP contribution in [-0.2, 0) is 27.5 Å². The van der Waals surface area contributed by atoms with Gasteiger partial charge < -0.3 is 0 Å². The maximum Gasteiger partial charge on any atom is 0.269 e. The van der Waals surface area contributed by atoms with Crippen LogP contribution < -0.4 is 0 Å². The van der Waals surface area contributed by atoms with E-state index in [-0.39, 0.29) is 4.90 Å². The number of hydrogen-bond acceptors (Lipinski definition) is 4. The van der Waals surface area contributed by atoms with Gasteiger partial charge in [-0.1, -0.05) is 42.5 Å². The molecule has 0 aliphatic carbocycles. The van der Waals surface area contributed by atoms with Crippen molar-refractivity contribution in [2.24, 2.45) is 0 Å². The fourth-order valence-corrected chi connectivity index (χ4v) is 3.53. The van der Waals surface area contributed by atoms with Gasteiger partial charge in [0.15, 0.2) is 9.84 Å². The summed E-state index contributed by atoms with van der Waals surface area (Å²) in [6.45, 7) is 0. The molecule has 5 nitrogen and oxygen atoms in total. The van der Waals surface area contributed by atoms with Gasteiger partial charge in [-0.2, -0.15) is 0 Å². The number of sulfone groups is 1. The first-order valence-corrected chi connectivity index (χ1v) is 10.2. The van der Waals surface area contributed by atoms with Gasteiger partial charge in [-0.15, -0.1) is 0 Å². The standard InChI is InChI=1S/C20H23NO4S/c1-21(23)20(22)14-13-18-12-11-17(15-19(18)26(2,24)25)10-6-9-16-7-4-3-5-8-16/h3-5,7-8,11-15,23H,6,9-10H2,1-2H3/b14-13+. The molecule has 0 atom stereocenters. The fraction of sp³-hybridized carbons (Fsp3) is 0.250. The molecule has 2 aromatic carbocycles. The van der Waals surface area contributed by atoms with E-state index in [4.69, 9.17) is 5.21 Å². The molecule has 0 aliphatic rings. The Morgan fingerprint density at radius 3 is 2.35 bits per heavy atom. The molecular formula is C20H23NO4S. The number of likely N-dealkylation sites (N-methyl/N-ethyl adjacent to an activating group) is 1. The van der Waals surface area contributed by atoms with Crippen LogP contribution in [0, 0.1) is 0 Å². The number of rotatable bonds is 7. The van der Waals surface area contributed by atoms with E-state index in [1.807, 2.05) is 24.3 Å². The lowest BCUT2D eigenvalue weighted by Crippen LogP contribution is -2.19. The summed E-state index contributed by atoms with van der Waals surface area (Å²) in [5.41, 5.74) is 2.61. The van der Waals surface area contributed by atoms with Crippen LogP contribution in [0.3, 0.4) is 0 Å². The first kappa shape index (κ1) is 19.9. The SMILES string of the molecule is CN(O)C(=O)/C=C/c1ccc(CCCc2ccccc2)cc1S(C)(=O)=O. The average molecular weight is 373 g/mol. The lowest BCUT2D eigenvalue weighted by molar-refractivity contribution is -0.153. The molecule has 0 spiro atoms. The maximum absolute atomic E-state index is 12.1. The molecule has 2 aromatic rings. The number of hydrogen-bond donors (Lipinski definition) is 1. The Bertz CT molecular complexity index is 887. The van der Waals surface area contributed by atoms with Gasteiger partial charge >= 0.3 is 0 Å². The van der Waals surface area contributed by atoms with Crippen molar-refractivity contribution in [3.8, 4) is 0 Å². The summed E-state index contributed by atoms with van der Waals surface area (Å²) in [5.74, 6) is -0.628. The third-order valence-electron chi connectivity index (χ3n) is 3.98. The minimum absolute atomic E-state index is 0.180. The van der Waals surface area contributed by atoms with Gasteiger partial charge in [0.2, 0.25) is 0 Å². The molecule has 0 saturated heterocycles. The highest BCUT2D eigenvalue weighted by Crippen LogP contribution is 2.21. The van der Waals surface area contributed by atoms with E-state index in [0.29, 0.717) is 10.6 Å². The monoisotopic (exact) mass is 373 g/mol. The molecule has 0 saturated carbocycles. The molecule has 2 rings (SSSR count). The molecule has 138 valence electrons. The van der Waals surface area contributed by atoms with Crippen molar-refractivity contribution in [2.75, 3.05) is 13.3 Å². The van der Waals surface area contributed by atoms with Crippen LogP contribution in [0.1, 0.15) is 23.1 Å². The third-order valence-corrected chi connectivity index (χ3v) is 5.13. The zero-order valence-electron chi connectivity index (χ0n) is 14.9. The zero-order valence-corrected chi connectivity index (χ0v) is 15.7. The molecule has 0 unspecified atom stereocenters. The quantitative estimate of drug-likeness (QED) is 0.460. The van der Waals surface area contributed by atoms with E-state index >= 15 is 0 Å². The van der Waals surface area contributed by atoms with E-state index in [0.717, 1.165) is 37.2 Å². The molecule has 0 aliphatic heterocycles. The molecule has 6 heteroatoms. The second-order valence-corrected chi connectivity index (χ2v) is 8.16. The number of carbonyl (C=O) groups is 1. The summed E-state index contributed by atoms with van der Waals surface area (Å²) < 4.78 is 24.2. The summed E-state index contributed by atoms with van der Waals surface area (Å²) in [6.07, 6.45) is 6.29. The van der Waals surface area contributed by atoms with Crippen molar-refractivity contribution in [3.05, 3.63) is 71.3 Å². The van der Waals surface area contributed by atoms with Gasteiger partial charge in [-0.3, -0.25) is 10.0 Å².